The Morgan fingerprint density at radius 2 is 1.82 bits per heavy atom. The van der Waals surface area contributed by atoms with Crippen LogP contribution in [0.5, 0.6) is 0 Å². The normalized spacial score (nSPS) is 10.8. The molecule has 0 saturated carbocycles. The number of anilines is 3. The number of nitrogen functional groups attached to an aromatic ring is 1. The maximum absolute atomic E-state index is 12.7. The molecular formula is C18H17N11O4. The zero-order chi connectivity index (χ0) is 23.7. The van der Waals surface area contributed by atoms with Gasteiger partial charge in [0.1, 0.15) is 6.54 Å². The van der Waals surface area contributed by atoms with Gasteiger partial charge in [-0.05, 0) is 12.1 Å². The SMILES string of the molecule is Cn1cnc2c1c(=O)n(CC(=O)Nc1nc(N)nc(NC(=O)c3cccnc3)n1)c(=O)n2C. The lowest BCUT2D eigenvalue weighted by atomic mass is 10.3. The lowest BCUT2D eigenvalue weighted by Crippen LogP contribution is -2.42. The Bertz CT molecular complexity index is 1500. The fraction of sp³-hybridized carbons (Fsp3) is 0.167. The molecule has 4 rings (SSSR count). The highest BCUT2D eigenvalue weighted by Gasteiger charge is 2.18. The number of imidazole rings is 1. The number of amides is 2. The van der Waals surface area contributed by atoms with Crippen molar-refractivity contribution < 1.29 is 9.59 Å². The Morgan fingerprint density at radius 1 is 1.09 bits per heavy atom. The van der Waals surface area contributed by atoms with Gasteiger partial charge >= 0.3 is 5.69 Å². The monoisotopic (exact) mass is 451 g/mol. The number of fused-ring (bicyclic) bond motifs is 1. The molecular weight excluding hydrogens is 434 g/mol. The van der Waals surface area contributed by atoms with Crippen LogP contribution in [0.4, 0.5) is 17.8 Å². The van der Waals surface area contributed by atoms with Crippen molar-refractivity contribution in [2.45, 2.75) is 6.54 Å². The van der Waals surface area contributed by atoms with Crippen LogP contribution in [0.3, 0.4) is 0 Å². The molecule has 4 N–H and O–H groups in total. The van der Waals surface area contributed by atoms with Crippen molar-refractivity contribution in [3.8, 4) is 0 Å². The summed E-state index contributed by atoms with van der Waals surface area (Å²) in [7, 11) is 3.04. The number of pyridine rings is 1. The first-order valence-corrected chi connectivity index (χ1v) is 9.38. The molecule has 0 aliphatic rings. The number of aromatic nitrogens is 8. The number of rotatable bonds is 5. The van der Waals surface area contributed by atoms with Crippen LogP contribution >= 0.6 is 0 Å². The summed E-state index contributed by atoms with van der Waals surface area (Å²) < 4.78 is 3.38. The van der Waals surface area contributed by atoms with Crippen molar-refractivity contribution in [1.29, 1.82) is 0 Å². The summed E-state index contributed by atoms with van der Waals surface area (Å²) in [6, 6.07) is 3.12. The van der Waals surface area contributed by atoms with Crippen molar-refractivity contribution in [3.05, 3.63) is 57.3 Å². The Labute approximate surface area is 184 Å². The van der Waals surface area contributed by atoms with E-state index in [1.54, 1.807) is 13.1 Å². The molecule has 0 atom stereocenters. The molecule has 15 nitrogen and oxygen atoms in total. The first-order valence-electron chi connectivity index (χ1n) is 9.38. The van der Waals surface area contributed by atoms with Crippen LogP contribution in [0.2, 0.25) is 0 Å². The van der Waals surface area contributed by atoms with Crippen molar-refractivity contribution in [1.82, 2.24) is 38.6 Å². The molecule has 0 aromatic carbocycles. The number of nitrogens with two attached hydrogens (primary N) is 1. The van der Waals surface area contributed by atoms with Gasteiger partial charge in [-0.15, -0.1) is 0 Å². The first kappa shape index (κ1) is 21.3. The molecule has 0 unspecified atom stereocenters. The summed E-state index contributed by atoms with van der Waals surface area (Å²) >= 11 is 0. The summed E-state index contributed by atoms with van der Waals surface area (Å²) in [5.74, 6) is -2.08. The zero-order valence-corrected chi connectivity index (χ0v) is 17.4. The molecule has 0 spiro atoms. The third-order valence-electron chi connectivity index (χ3n) is 4.56. The van der Waals surface area contributed by atoms with Crippen molar-refractivity contribution >= 4 is 40.8 Å². The van der Waals surface area contributed by atoms with Crippen LogP contribution in [-0.4, -0.2) is 50.4 Å². The van der Waals surface area contributed by atoms with E-state index in [0.29, 0.717) is 0 Å². The summed E-state index contributed by atoms with van der Waals surface area (Å²) in [5, 5.41) is 4.76. The topological polar surface area (TPSA) is 198 Å². The average molecular weight is 451 g/mol. The zero-order valence-electron chi connectivity index (χ0n) is 17.4. The summed E-state index contributed by atoms with van der Waals surface area (Å²) in [4.78, 5) is 69.5. The van der Waals surface area contributed by atoms with Gasteiger partial charge < -0.3 is 10.3 Å². The molecule has 2 amide bonds. The van der Waals surface area contributed by atoms with Crippen LogP contribution in [-0.2, 0) is 25.4 Å². The average Bonchev–Trinajstić information content (AvgIpc) is 3.17. The lowest BCUT2D eigenvalue weighted by molar-refractivity contribution is -0.116. The number of nitrogens with one attached hydrogen (secondary N) is 2. The van der Waals surface area contributed by atoms with Gasteiger partial charge in [0.2, 0.25) is 23.8 Å². The van der Waals surface area contributed by atoms with Gasteiger partial charge in [0.05, 0.1) is 11.9 Å². The van der Waals surface area contributed by atoms with Crippen LogP contribution < -0.4 is 27.6 Å². The van der Waals surface area contributed by atoms with E-state index in [9.17, 15) is 19.2 Å². The molecule has 0 aliphatic heterocycles. The van der Waals surface area contributed by atoms with Crippen LogP contribution in [0, 0.1) is 0 Å². The third-order valence-corrected chi connectivity index (χ3v) is 4.56. The predicted octanol–water partition coefficient (Wildman–Crippen LogP) is -1.51. The Kier molecular flexibility index (Phi) is 5.35. The van der Waals surface area contributed by atoms with E-state index in [1.807, 2.05) is 0 Å². The number of hydrogen-bond acceptors (Lipinski definition) is 10. The Hall–Kier alpha value is -4.95. The second kappa shape index (κ2) is 8.29. The second-order valence-electron chi connectivity index (χ2n) is 6.85. The van der Waals surface area contributed by atoms with E-state index < -0.39 is 29.6 Å². The minimum atomic E-state index is -0.772. The molecule has 0 saturated heterocycles. The quantitative estimate of drug-likeness (QED) is 0.320. The van der Waals surface area contributed by atoms with Crippen LogP contribution in [0.25, 0.3) is 11.2 Å². The molecule has 0 radical (unpaired) electrons. The molecule has 4 aromatic heterocycles. The molecule has 0 bridgehead atoms. The summed E-state index contributed by atoms with van der Waals surface area (Å²) in [6.07, 6.45) is 4.25. The molecule has 4 aromatic rings. The predicted molar refractivity (Wildman–Crippen MR) is 115 cm³/mol. The maximum Gasteiger partial charge on any atom is 0.332 e. The number of carbonyl (C=O) groups excluding carboxylic acids is 2. The second-order valence-corrected chi connectivity index (χ2v) is 6.85. The minimum absolute atomic E-state index is 0.162. The summed E-state index contributed by atoms with van der Waals surface area (Å²) in [6.45, 7) is -0.615. The standard InChI is InChI=1S/C18H17N11O4/c1-27-8-21-12-11(27)14(32)29(18(33)28(12)2)7-10(30)22-16-24-15(19)25-17(26-16)23-13(31)9-4-3-5-20-6-9/h3-6,8H,7H2,1-2H3,(H4,19,22,23,24,25,26,30,31). The number of hydrogen-bond donors (Lipinski definition) is 3. The number of nitrogens with zero attached hydrogens (tertiary/aromatic N) is 8. The minimum Gasteiger partial charge on any atom is -0.368 e. The van der Waals surface area contributed by atoms with Crippen molar-refractivity contribution in [2.75, 3.05) is 16.4 Å². The highest BCUT2D eigenvalue weighted by molar-refractivity contribution is 6.03. The van der Waals surface area contributed by atoms with Gasteiger partial charge in [-0.2, -0.15) is 15.0 Å². The molecule has 0 aliphatic carbocycles. The van der Waals surface area contributed by atoms with E-state index in [2.05, 4.69) is 35.6 Å². The van der Waals surface area contributed by atoms with E-state index in [0.717, 1.165) is 9.13 Å². The van der Waals surface area contributed by atoms with E-state index in [1.165, 1.54) is 36.4 Å². The van der Waals surface area contributed by atoms with Gasteiger partial charge in [0, 0.05) is 26.5 Å². The van der Waals surface area contributed by atoms with Gasteiger partial charge in [0.15, 0.2) is 11.2 Å². The molecule has 4 heterocycles. The van der Waals surface area contributed by atoms with Crippen molar-refractivity contribution in [2.24, 2.45) is 14.1 Å². The molecule has 33 heavy (non-hydrogen) atoms. The fourth-order valence-corrected chi connectivity index (χ4v) is 3.02. The van der Waals surface area contributed by atoms with Gasteiger partial charge in [0.25, 0.3) is 11.5 Å². The van der Waals surface area contributed by atoms with Crippen LogP contribution in [0.15, 0.2) is 40.4 Å². The number of carbonyl (C=O) groups is 2. The lowest BCUT2D eigenvalue weighted by Gasteiger charge is -2.10. The van der Waals surface area contributed by atoms with Crippen molar-refractivity contribution in [3.63, 3.8) is 0 Å². The highest BCUT2D eigenvalue weighted by Crippen LogP contribution is 2.09. The van der Waals surface area contributed by atoms with Gasteiger partial charge in [-0.1, -0.05) is 0 Å². The number of aryl methyl sites for hydroxylation is 2. The van der Waals surface area contributed by atoms with E-state index in [4.69, 9.17) is 5.73 Å². The Balaban J connectivity index is 1.56. The largest absolute Gasteiger partial charge is 0.368 e. The molecule has 168 valence electrons. The van der Waals surface area contributed by atoms with E-state index >= 15 is 0 Å². The fourth-order valence-electron chi connectivity index (χ4n) is 3.02. The van der Waals surface area contributed by atoms with Gasteiger partial charge in [-0.3, -0.25) is 34.6 Å². The van der Waals surface area contributed by atoms with Crippen LogP contribution in [0.1, 0.15) is 10.4 Å². The van der Waals surface area contributed by atoms with E-state index in [-0.39, 0.29) is 34.6 Å². The third kappa shape index (κ3) is 4.14. The smallest absolute Gasteiger partial charge is 0.332 e. The molecule has 15 heteroatoms. The summed E-state index contributed by atoms with van der Waals surface area (Å²) in [5.41, 5.74) is 4.85. The maximum atomic E-state index is 12.7. The Morgan fingerprint density at radius 3 is 2.52 bits per heavy atom. The molecule has 0 fully saturated rings. The first-order chi connectivity index (χ1) is 15.7. The van der Waals surface area contributed by atoms with Gasteiger partial charge in [-0.25, -0.2) is 14.3 Å². The highest BCUT2D eigenvalue weighted by atomic mass is 16.2.